The molecule has 0 N–H and O–H groups in total. The van der Waals surface area contributed by atoms with E-state index in [1.807, 2.05) is 42.5 Å². The van der Waals surface area contributed by atoms with Crippen molar-refractivity contribution in [3.05, 3.63) is 79.0 Å². The maximum absolute atomic E-state index is 5.98. The molecule has 0 radical (unpaired) electrons. The molecule has 0 saturated carbocycles. The van der Waals surface area contributed by atoms with Crippen LogP contribution in [-0.2, 0) is 0 Å². The predicted molar refractivity (Wildman–Crippen MR) is 81.6 cm³/mol. The lowest BCUT2D eigenvalue weighted by Crippen LogP contribution is -2.12. The van der Waals surface area contributed by atoms with Crippen LogP contribution >= 0.6 is 0 Å². The number of nitrogens with zero attached hydrogens (tertiary/aromatic N) is 1. The molecule has 2 heteroatoms. The molecule has 1 heterocycles. The quantitative estimate of drug-likeness (QED) is 0.662. The molecule has 3 rings (SSSR count). The van der Waals surface area contributed by atoms with E-state index in [1.165, 1.54) is 5.56 Å². The molecule has 0 aliphatic carbocycles. The predicted octanol–water partition coefficient (Wildman–Crippen LogP) is 4.75. The SMILES string of the molecule is CC(Oc1ccccc1)n1cccc1-c1ccccc1. The molecule has 3 aromatic rings. The zero-order valence-corrected chi connectivity index (χ0v) is 11.4. The number of ether oxygens (including phenoxy) is 1. The summed E-state index contributed by atoms with van der Waals surface area (Å²) in [4.78, 5) is 0. The summed E-state index contributed by atoms with van der Waals surface area (Å²) in [5, 5.41) is 0. The van der Waals surface area contributed by atoms with Crippen molar-refractivity contribution in [2.24, 2.45) is 0 Å². The van der Waals surface area contributed by atoms with E-state index in [0.29, 0.717) is 0 Å². The molecule has 0 fully saturated rings. The van der Waals surface area contributed by atoms with Crippen LogP contribution in [-0.4, -0.2) is 4.57 Å². The molecule has 2 nitrogen and oxygen atoms in total. The van der Waals surface area contributed by atoms with Crippen molar-refractivity contribution < 1.29 is 4.74 Å². The molecule has 0 saturated heterocycles. The van der Waals surface area contributed by atoms with Gasteiger partial charge in [0, 0.05) is 6.20 Å². The summed E-state index contributed by atoms with van der Waals surface area (Å²) >= 11 is 0. The van der Waals surface area contributed by atoms with Crippen LogP contribution in [0.2, 0.25) is 0 Å². The van der Waals surface area contributed by atoms with Gasteiger partial charge in [-0.15, -0.1) is 0 Å². The Bertz CT molecular complexity index is 658. The van der Waals surface area contributed by atoms with Gasteiger partial charge in [0.25, 0.3) is 0 Å². The minimum atomic E-state index is -0.0531. The van der Waals surface area contributed by atoms with Crippen molar-refractivity contribution in [3.8, 4) is 17.0 Å². The van der Waals surface area contributed by atoms with E-state index in [1.54, 1.807) is 0 Å². The highest BCUT2D eigenvalue weighted by Crippen LogP contribution is 2.25. The van der Waals surface area contributed by atoms with Crippen molar-refractivity contribution >= 4 is 0 Å². The first-order valence-corrected chi connectivity index (χ1v) is 6.78. The lowest BCUT2D eigenvalue weighted by Gasteiger charge is -2.19. The third-order valence-electron chi connectivity index (χ3n) is 3.29. The Morgan fingerprint density at radius 3 is 2.15 bits per heavy atom. The van der Waals surface area contributed by atoms with Gasteiger partial charge in [0.1, 0.15) is 5.75 Å². The van der Waals surface area contributed by atoms with Crippen molar-refractivity contribution in [3.63, 3.8) is 0 Å². The highest BCUT2D eigenvalue weighted by Gasteiger charge is 2.11. The second kappa shape index (κ2) is 5.66. The van der Waals surface area contributed by atoms with Crippen LogP contribution in [0.15, 0.2) is 79.0 Å². The zero-order chi connectivity index (χ0) is 13.8. The van der Waals surface area contributed by atoms with Gasteiger partial charge in [0.15, 0.2) is 6.23 Å². The number of aromatic nitrogens is 1. The number of benzene rings is 2. The van der Waals surface area contributed by atoms with E-state index in [2.05, 4.69) is 48.0 Å². The Labute approximate surface area is 119 Å². The largest absolute Gasteiger partial charge is 0.470 e. The van der Waals surface area contributed by atoms with Crippen molar-refractivity contribution in [2.45, 2.75) is 13.2 Å². The average Bonchev–Trinajstić information content (AvgIpc) is 2.99. The van der Waals surface area contributed by atoms with Crippen LogP contribution in [0.4, 0.5) is 0 Å². The van der Waals surface area contributed by atoms with Gasteiger partial charge < -0.3 is 9.30 Å². The summed E-state index contributed by atoms with van der Waals surface area (Å²) in [6, 6.07) is 24.4. The van der Waals surface area contributed by atoms with Crippen LogP contribution in [0.3, 0.4) is 0 Å². The molecule has 0 spiro atoms. The second-order valence-electron chi connectivity index (χ2n) is 4.70. The molecular weight excluding hydrogens is 246 g/mol. The van der Waals surface area contributed by atoms with Crippen molar-refractivity contribution in [1.29, 1.82) is 0 Å². The van der Waals surface area contributed by atoms with E-state index in [4.69, 9.17) is 4.74 Å². The summed E-state index contributed by atoms with van der Waals surface area (Å²) in [5.74, 6) is 0.882. The van der Waals surface area contributed by atoms with Gasteiger partial charge in [-0.25, -0.2) is 0 Å². The minimum Gasteiger partial charge on any atom is -0.470 e. The molecule has 100 valence electrons. The van der Waals surface area contributed by atoms with E-state index in [0.717, 1.165) is 11.4 Å². The van der Waals surface area contributed by atoms with Crippen LogP contribution in [0.5, 0.6) is 5.75 Å². The summed E-state index contributed by atoms with van der Waals surface area (Å²) in [6.45, 7) is 2.06. The lowest BCUT2D eigenvalue weighted by molar-refractivity contribution is 0.155. The monoisotopic (exact) mass is 263 g/mol. The Morgan fingerprint density at radius 2 is 1.45 bits per heavy atom. The highest BCUT2D eigenvalue weighted by atomic mass is 16.5. The Balaban J connectivity index is 1.86. The summed E-state index contributed by atoms with van der Waals surface area (Å²) in [7, 11) is 0. The van der Waals surface area contributed by atoms with Gasteiger partial charge in [0.05, 0.1) is 5.69 Å². The molecule has 1 atom stereocenters. The second-order valence-corrected chi connectivity index (χ2v) is 4.70. The van der Waals surface area contributed by atoms with E-state index in [9.17, 15) is 0 Å². The molecule has 0 bridgehead atoms. The first-order chi connectivity index (χ1) is 9.84. The van der Waals surface area contributed by atoms with Gasteiger partial charge >= 0.3 is 0 Å². The highest BCUT2D eigenvalue weighted by molar-refractivity contribution is 5.59. The van der Waals surface area contributed by atoms with Crippen LogP contribution < -0.4 is 4.74 Å². The Kier molecular flexibility index (Phi) is 3.55. The van der Waals surface area contributed by atoms with E-state index >= 15 is 0 Å². The summed E-state index contributed by atoms with van der Waals surface area (Å²) in [6.07, 6.45) is 2.00. The van der Waals surface area contributed by atoms with E-state index in [-0.39, 0.29) is 6.23 Å². The third-order valence-corrected chi connectivity index (χ3v) is 3.29. The molecule has 0 amide bonds. The molecule has 1 aromatic heterocycles. The first-order valence-electron chi connectivity index (χ1n) is 6.78. The topological polar surface area (TPSA) is 14.2 Å². The maximum atomic E-state index is 5.98. The van der Waals surface area contributed by atoms with Crippen LogP contribution in [0.1, 0.15) is 13.2 Å². The third kappa shape index (κ3) is 2.59. The minimum absolute atomic E-state index is 0.0531. The number of para-hydroxylation sites is 1. The summed E-state index contributed by atoms with van der Waals surface area (Å²) in [5.41, 5.74) is 2.36. The molecular formula is C18H17NO. The Hall–Kier alpha value is -2.48. The van der Waals surface area contributed by atoms with Gasteiger partial charge in [0.2, 0.25) is 0 Å². The molecule has 1 unspecified atom stereocenters. The fraction of sp³-hybridized carbons (Fsp3) is 0.111. The molecule has 0 aliphatic rings. The standard InChI is InChI=1S/C18H17NO/c1-15(20-17-11-6-3-7-12-17)19-14-8-13-18(19)16-9-4-2-5-10-16/h2-15H,1H3. The molecule has 2 aromatic carbocycles. The fourth-order valence-electron chi connectivity index (χ4n) is 2.32. The average molecular weight is 263 g/mol. The number of rotatable bonds is 4. The first kappa shape index (κ1) is 12.5. The lowest BCUT2D eigenvalue weighted by atomic mass is 10.1. The van der Waals surface area contributed by atoms with Crippen molar-refractivity contribution in [1.82, 2.24) is 4.57 Å². The molecule has 20 heavy (non-hydrogen) atoms. The smallest absolute Gasteiger partial charge is 0.173 e. The maximum Gasteiger partial charge on any atom is 0.173 e. The number of hydrogen-bond acceptors (Lipinski definition) is 1. The number of hydrogen-bond donors (Lipinski definition) is 0. The van der Waals surface area contributed by atoms with Gasteiger partial charge in [-0.1, -0.05) is 48.5 Å². The van der Waals surface area contributed by atoms with Crippen LogP contribution in [0, 0.1) is 0 Å². The van der Waals surface area contributed by atoms with Gasteiger partial charge in [-0.05, 0) is 36.8 Å². The Morgan fingerprint density at radius 1 is 0.800 bits per heavy atom. The molecule has 0 aliphatic heterocycles. The summed E-state index contributed by atoms with van der Waals surface area (Å²) < 4.78 is 8.13. The fourth-order valence-corrected chi connectivity index (χ4v) is 2.32. The van der Waals surface area contributed by atoms with Gasteiger partial charge in [-0.2, -0.15) is 0 Å². The van der Waals surface area contributed by atoms with Crippen LogP contribution in [0.25, 0.3) is 11.3 Å². The van der Waals surface area contributed by atoms with E-state index < -0.39 is 0 Å². The normalized spacial score (nSPS) is 12.1. The van der Waals surface area contributed by atoms with Crippen molar-refractivity contribution in [2.75, 3.05) is 0 Å². The van der Waals surface area contributed by atoms with Gasteiger partial charge in [-0.3, -0.25) is 0 Å². The zero-order valence-electron chi connectivity index (χ0n) is 11.4.